The van der Waals surface area contributed by atoms with E-state index in [4.69, 9.17) is 0 Å². The molecule has 1 aliphatic heterocycles. The van der Waals surface area contributed by atoms with Gasteiger partial charge in [-0.3, -0.25) is 4.68 Å². The molecule has 114 valence electrons. The SMILES string of the molecule is Cc1nn(C(C)C)cc1-c1cccc2c3c([nH]c12)CCSC3. The van der Waals surface area contributed by atoms with Crippen LogP contribution in [0.3, 0.4) is 0 Å². The van der Waals surface area contributed by atoms with E-state index in [0.717, 1.165) is 17.9 Å². The molecule has 3 nitrogen and oxygen atoms in total. The standard InChI is InChI=1S/C18H21N3S/c1-11(2)21-9-15(12(3)20-21)13-5-4-6-14-16-10-22-8-7-17(16)19-18(13)14/h4-6,9,11,19H,7-8,10H2,1-3H3. The number of rotatable bonds is 2. The van der Waals surface area contributed by atoms with Crippen molar-refractivity contribution in [2.24, 2.45) is 0 Å². The smallest absolute Gasteiger partial charge is 0.0672 e. The number of aryl methyl sites for hydroxylation is 2. The van der Waals surface area contributed by atoms with Crippen LogP contribution in [-0.2, 0) is 12.2 Å². The highest BCUT2D eigenvalue weighted by molar-refractivity contribution is 7.98. The van der Waals surface area contributed by atoms with Gasteiger partial charge in [0, 0.05) is 40.2 Å². The normalized spacial score (nSPS) is 14.7. The summed E-state index contributed by atoms with van der Waals surface area (Å²) >= 11 is 2.03. The maximum atomic E-state index is 4.67. The van der Waals surface area contributed by atoms with Gasteiger partial charge < -0.3 is 4.98 Å². The van der Waals surface area contributed by atoms with Crippen LogP contribution in [0.1, 0.15) is 36.8 Å². The lowest BCUT2D eigenvalue weighted by Gasteiger charge is -2.10. The fourth-order valence-electron chi connectivity index (χ4n) is 3.29. The van der Waals surface area contributed by atoms with Crippen LogP contribution in [0.5, 0.6) is 0 Å². The molecule has 0 unspecified atom stereocenters. The molecule has 0 spiro atoms. The maximum absolute atomic E-state index is 4.67. The predicted molar refractivity (Wildman–Crippen MR) is 94.5 cm³/mol. The Morgan fingerprint density at radius 2 is 2.14 bits per heavy atom. The zero-order valence-corrected chi connectivity index (χ0v) is 14.1. The van der Waals surface area contributed by atoms with E-state index in [9.17, 15) is 0 Å². The van der Waals surface area contributed by atoms with Gasteiger partial charge in [-0.25, -0.2) is 0 Å². The number of para-hydroxylation sites is 1. The third-order valence-corrected chi connectivity index (χ3v) is 5.49. The maximum Gasteiger partial charge on any atom is 0.0672 e. The van der Waals surface area contributed by atoms with Crippen LogP contribution in [-0.4, -0.2) is 20.5 Å². The largest absolute Gasteiger partial charge is 0.358 e. The van der Waals surface area contributed by atoms with Gasteiger partial charge in [-0.05, 0) is 38.5 Å². The molecule has 1 aliphatic rings. The molecular formula is C18H21N3S. The molecule has 0 radical (unpaired) electrons. The number of nitrogens with one attached hydrogen (secondary N) is 1. The van der Waals surface area contributed by atoms with E-state index in [2.05, 4.69) is 59.9 Å². The van der Waals surface area contributed by atoms with Gasteiger partial charge in [-0.15, -0.1) is 0 Å². The summed E-state index contributed by atoms with van der Waals surface area (Å²) in [5, 5.41) is 6.06. The van der Waals surface area contributed by atoms with Crippen LogP contribution in [0.15, 0.2) is 24.4 Å². The summed E-state index contributed by atoms with van der Waals surface area (Å²) in [6.45, 7) is 6.44. The van der Waals surface area contributed by atoms with Gasteiger partial charge in [0.15, 0.2) is 0 Å². The van der Waals surface area contributed by atoms with E-state index in [-0.39, 0.29) is 0 Å². The number of hydrogen-bond donors (Lipinski definition) is 1. The van der Waals surface area contributed by atoms with E-state index in [0.29, 0.717) is 6.04 Å². The summed E-state index contributed by atoms with van der Waals surface area (Å²) in [6.07, 6.45) is 3.34. The minimum absolute atomic E-state index is 0.389. The minimum atomic E-state index is 0.389. The second-order valence-corrected chi connectivity index (χ2v) is 7.42. The van der Waals surface area contributed by atoms with Crippen LogP contribution in [0, 0.1) is 6.92 Å². The molecule has 1 aromatic carbocycles. The Kier molecular flexibility index (Phi) is 3.30. The Labute approximate surface area is 135 Å². The quantitative estimate of drug-likeness (QED) is 0.743. The van der Waals surface area contributed by atoms with Crippen molar-refractivity contribution in [2.45, 2.75) is 39.0 Å². The Morgan fingerprint density at radius 1 is 1.27 bits per heavy atom. The van der Waals surface area contributed by atoms with Crippen molar-refractivity contribution in [1.82, 2.24) is 14.8 Å². The van der Waals surface area contributed by atoms with Gasteiger partial charge in [0.25, 0.3) is 0 Å². The van der Waals surface area contributed by atoms with E-state index >= 15 is 0 Å². The monoisotopic (exact) mass is 311 g/mol. The van der Waals surface area contributed by atoms with Crippen molar-refractivity contribution in [3.05, 3.63) is 41.3 Å². The molecular weight excluding hydrogens is 290 g/mol. The van der Waals surface area contributed by atoms with Gasteiger partial charge >= 0.3 is 0 Å². The van der Waals surface area contributed by atoms with Gasteiger partial charge in [-0.1, -0.05) is 18.2 Å². The van der Waals surface area contributed by atoms with Crippen molar-refractivity contribution in [2.75, 3.05) is 5.75 Å². The third-order valence-electron chi connectivity index (χ3n) is 4.51. The summed E-state index contributed by atoms with van der Waals surface area (Å²) in [5.41, 5.74) is 7.83. The summed E-state index contributed by atoms with van der Waals surface area (Å²) < 4.78 is 2.06. The number of nitrogens with zero attached hydrogens (tertiary/aromatic N) is 2. The number of aromatic amines is 1. The number of aromatic nitrogens is 3. The van der Waals surface area contributed by atoms with Crippen molar-refractivity contribution in [1.29, 1.82) is 0 Å². The first-order chi connectivity index (χ1) is 10.6. The van der Waals surface area contributed by atoms with Crippen LogP contribution < -0.4 is 0 Å². The zero-order valence-electron chi connectivity index (χ0n) is 13.3. The Hall–Kier alpha value is -1.68. The molecule has 0 saturated heterocycles. The lowest BCUT2D eigenvalue weighted by atomic mass is 10.0. The highest BCUT2D eigenvalue weighted by atomic mass is 32.2. The molecule has 22 heavy (non-hydrogen) atoms. The highest BCUT2D eigenvalue weighted by Crippen LogP contribution is 2.37. The number of fused-ring (bicyclic) bond motifs is 3. The molecule has 2 aromatic heterocycles. The van der Waals surface area contributed by atoms with E-state index < -0.39 is 0 Å². The van der Waals surface area contributed by atoms with Crippen molar-refractivity contribution in [3.63, 3.8) is 0 Å². The average Bonchev–Trinajstić information content (AvgIpc) is 3.08. The van der Waals surface area contributed by atoms with E-state index in [1.165, 1.54) is 39.0 Å². The first kappa shape index (κ1) is 13.9. The summed E-state index contributed by atoms with van der Waals surface area (Å²) in [4.78, 5) is 3.70. The number of H-pyrrole nitrogens is 1. The fourth-order valence-corrected chi connectivity index (χ4v) is 4.32. The molecule has 0 aliphatic carbocycles. The Balaban J connectivity index is 1.94. The first-order valence-corrected chi connectivity index (χ1v) is 9.07. The van der Waals surface area contributed by atoms with Crippen LogP contribution >= 0.6 is 11.8 Å². The third kappa shape index (κ3) is 2.09. The van der Waals surface area contributed by atoms with E-state index in [1.54, 1.807) is 0 Å². The summed E-state index contributed by atoms with van der Waals surface area (Å²) in [5.74, 6) is 2.35. The highest BCUT2D eigenvalue weighted by Gasteiger charge is 2.19. The lowest BCUT2D eigenvalue weighted by Crippen LogP contribution is -2.00. The predicted octanol–water partition coefficient (Wildman–Crippen LogP) is 4.71. The molecule has 0 amide bonds. The lowest BCUT2D eigenvalue weighted by molar-refractivity contribution is 0.529. The van der Waals surface area contributed by atoms with Gasteiger partial charge in [-0.2, -0.15) is 16.9 Å². The van der Waals surface area contributed by atoms with Crippen LogP contribution in [0.4, 0.5) is 0 Å². The van der Waals surface area contributed by atoms with Crippen molar-refractivity contribution in [3.8, 4) is 11.1 Å². The Morgan fingerprint density at radius 3 is 2.91 bits per heavy atom. The van der Waals surface area contributed by atoms with Gasteiger partial charge in [0.2, 0.25) is 0 Å². The van der Waals surface area contributed by atoms with Gasteiger partial charge in [0.1, 0.15) is 0 Å². The molecule has 0 bridgehead atoms. The summed E-state index contributed by atoms with van der Waals surface area (Å²) in [7, 11) is 0. The van der Waals surface area contributed by atoms with Crippen LogP contribution in [0.25, 0.3) is 22.0 Å². The second-order valence-electron chi connectivity index (χ2n) is 6.31. The molecule has 0 saturated carbocycles. The number of hydrogen-bond acceptors (Lipinski definition) is 2. The number of thioether (sulfide) groups is 1. The summed E-state index contributed by atoms with van der Waals surface area (Å²) in [6, 6.07) is 7.03. The zero-order chi connectivity index (χ0) is 15.3. The molecule has 0 fully saturated rings. The van der Waals surface area contributed by atoms with E-state index in [1.807, 2.05) is 11.8 Å². The molecule has 4 heteroatoms. The molecule has 0 atom stereocenters. The first-order valence-electron chi connectivity index (χ1n) is 7.91. The van der Waals surface area contributed by atoms with Crippen molar-refractivity contribution >= 4 is 22.7 Å². The molecule has 4 rings (SSSR count). The number of benzene rings is 1. The van der Waals surface area contributed by atoms with Crippen molar-refractivity contribution < 1.29 is 0 Å². The molecule has 3 aromatic rings. The average molecular weight is 311 g/mol. The minimum Gasteiger partial charge on any atom is -0.358 e. The Bertz CT molecular complexity index is 842. The second kappa shape index (κ2) is 5.20. The van der Waals surface area contributed by atoms with Crippen LogP contribution in [0.2, 0.25) is 0 Å². The van der Waals surface area contributed by atoms with Gasteiger partial charge in [0.05, 0.1) is 11.2 Å². The topological polar surface area (TPSA) is 33.6 Å². The molecule has 1 N–H and O–H groups in total. The molecule has 3 heterocycles. The fraction of sp³-hybridized carbons (Fsp3) is 0.389.